The molecule has 1 amide bonds. The van der Waals surface area contributed by atoms with Crippen LogP contribution in [-0.2, 0) is 23.7 Å². The number of aliphatic hydroxyl groups is 1. The molecule has 0 saturated heterocycles. The Morgan fingerprint density at radius 2 is 1.74 bits per heavy atom. The Kier molecular flexibility index (Phi) is 11.1. The van der Waals surface area contributed by atoms with Gasteiger partial charge in [-0.15, -0.1) is 0 Å². The lowest BCUT2D eigenvalue weighted by molar-refractivity contribution is 0.00817. The minimum atomic E-state index is -0.912. The van der Waals surface area contributed by atoms with Crippen LogP contribution in [0.25, 0.3) is 0 Å². The Hall–Kier alpha value is -1.58. The summed E-state index contributed by atoms with van der Waals surface area (Å²) in [5.74, 6) is 0. The van der Waals surface area contributed by atoms with Crippen LogP contribution in [0.3, 0.4) is 0 Å². The van der Waals surface area contributed by atoms with Crippen LogP contribution in [0.1, 0.15) is 20.8 Å². The zero-order chi connectivity index (χ0) is 17.7. The second-order valence-corrected chi connectivity index (χ2v) is 5.54. The summed E-state index contributed by atoms with van der Waals surface area (Å²) in [6.07, 6.45) is -1.62. The molecule has 0 fully saturated rings. The highest BCUT2D eigenvalue weighted by molar-refractivity contribution is 5.68. The molecule has 0 spiro atoms. The number of hydrogen-bond donors (Lipinski definition) is 2. The molecule has 0 aliphatic heterocycles. The van der Waals surface area contributed by atoms with Crippen molar-refractivity contribution < 1.29 is 38.4 Å². The van der Waals surface area contributed by atoms with Gasteiger partial charge in [-0.2, -0.15) is 0 Å². The number of rotatable bonds is 10. The van der Waals surface area contributed by atoms with Gasteiger partial charge < -0.3 is 34.1 Å². The zero-order valence-corrected chi connectivity index (χ0v) is 14.1. The highest BCUT2D eigenvalue weighted by Crippen LogP contribution is 2.06. The number of carbonyl (C=O) groups is 2. The lowest BCUT2D eigenvalue weighted by atomic mass is 10.2. The quantitative estimate of drug-likeness (QED) is 0.442. The first-order valence-electron chi connectivity index (χ1n) is 7.25. The maximum atomic E-state index is 11.5. The number of methoxy groups -OCH3 is 1. The van der Waals surface area contributed by atoms with E-state index in [4.69, 9.17) is 28.8 Å². The van der Waals surface area contributed by atoms with Gasteiger partial charge in [-0.25, -0.2) is 9.59 Å². The topological polar surface area (TPSA) is 113 Å². The molecule has 0 saturated carbocycles. The van der Waals surface area contributed by atoms with E-state index in [2.05, 4.69) is 5.32 Å². The summed E-state index contributed by atoms with van der Waals surface area (Å²) in [7, 11) is 1.56. The van der Waals surface area contributed by atoms with E-state index in [9.17, 15) is 9.59 Å². The molecule has 2 N–H and O–H groups in total. The van der Waals surface area contributed by atoms with Gasteiger partial charge in [-0.05, 0) is 20.8 Å². The van der Waals surface area contributed by atoms with Crippen LogP contribution >= 0.6 is 0 Å². The lowest BCUT2D eigenvalue weighted by Gasteiger charge is -2.22. The summed E-state index contributed by atoms with van der Waals surface area (Å²) in [6, 6.07) is -0.782. The van der Waals surface area contributed by atoms with Crippen LogP contribution in [0, 0.1) is 0 Å². The second kappa shape index (κ2) is 11.9. The highest BCUT2D eigenvalue weighted by atomic mass is 16.7. The van der Waals surface area contributed by atoms with Crippen molar-refractivity contribution in [3.05, 3.63) is 0 Å². The van der Waals surface area contributed by atoms with Crippen LogP contribution in [-0.4, -0.2) is 75.7 Å². The summed E-state index contributed by atoms with van der Waals surface area (Å²) >= 11 is 0. The normalized spacial score (nSPS) is 12.4. The predicted molar refractivity (Wildman–Crippen MR) is 80.2 cm³/mol. The predicted octanol–water partition coefficient (Wildman–Crippen LogP) is 0.688. The summed E-state index contributed by atoms with van der Waals surface area (Å²) < 4.78 is 24.4. The molecule has 0 rings (SSSR count). The van der Waals surface area contributed by atoms with E-state index in [1.54, 1.807) is 27.9 Å². The van der Waals surface area contributed by atoms with Gasteiger partial charge in [0.25, 0.3) is 0 Å². The molecule has 0 radical (unpaired) electrons. The molecular formula is C14H27NO8. The Bertz CT molecular complexity index is 342. The first-order valence-corrected chi connectivity index (χ1v) is 7.25. The fourth-order valence-corrected chi connectivity index (χ4v) is 1.25. The molecule has 0 bridgehead atoms. The van der Waals surface area contributed by atoms with Crippen molar-refractivity contribution in [1.29, 1.82) is 0 Å². The van der Waals surface area contributed by atoms with E-state index in [-0.39, 0.29) is 19.8 Å². The van der Waals surface area contributed by atoms with Crippen molar-refractivity contribution in [3.63, 3.8) is 0 Å². The van der Waals surface area contributed by atoms with Gasteiger partial charge in [0.05, 0.1) is 32.5 Å². The average Bonchev–Trinajstić information content (AvgIpc) is 2.45. The van der Waals surface area contributed by atoms with Gasteiger partial charge >= 0.3 is 12.2 Å². The molecule has 136 valence electrons. The van der Waals surface area contributed by atoms with E-state index in [1.807, 2.05) is 0 Å². The van der Waals surface area contributed by atoms with Crippen LogP contribution < -0.4 is 5.32 Å². The van der Waals surface area contributed by atoms with Crippen LogP contribution in [0.5, 0.6) is 0 Å². The average molecular weight is 337 g/mol. The highest BCUT2D eigenvalue weighted by Gasteiger charge is 2.20. The summed E-state index contributed by atoms with van der Waals surface area (Å²) in [5.41, 5.74) is -0.660. The molecular weight excluding hydrogens is 310 g/mol. The van der Waals surface area contributed by atoms with Gasteiger partial charge in [0.2, 0.25) is 0 Å². The van der Waals surface area contributed by atoms with Crippen molar-refractivity contribution in [2.45, 2.75) is 32.4 Å². The van der Waals surface area contributed by atoms with Crippen LogP contribution in [0.2, 0.25) is 0 Å². The van der Waals surface area contributed by atoms with Gasteiger partial charge in [0.1, 0.15) is 18.8 Å². The minimum Gasteiger partial charge on any atom is -0.444 e. The molecule has 9 heteroatoms. The Labute approximate surface area is 136 Å². The first-order chi connectivity index (χ1) is 10.8. The minimum absolute atomic E-state index is 0.0336. The van der Waals surface area contributed by atoms with Gasteiger partial charge in [-0.3, -0.25) is 0 Å². The van der Waals surface area contributed by atoms with Crippen molar-refractivity contribution in [2.24, 2.45) is 0 Å². The molecule has 0 heterocycles. The Morgan fingerprint density at radius 3 is 2.30 bits per heavy atom. The third kappa shape index (κ3) is 13.8. The molecule has 0 aromatic heterocycles. The van der Waals surface area contributed by atoms with E-state index in [0.717, 1.165) is 0 Å². The first kappa shape index (κ1) is 21.4. The molecule has 0 aliphatic carbocycles. The van der Waals surface area contributed by atoms with Crippen molar-refractivity contribution in [1.82, 2.24) is 5.32 Å². The monoisotopic (exact) mass is 337 g/mol. The van der Waals surface area contributed by atoms with Crippen molar-refractivity contribution >= 4 is 12.2 Å². The summed E-state index contributed by atoms with van der Waals surface area (Å²) in [6.45, 7) is 5.60. The third-order valence-electron chi connectivity index (χ3n) is 2.22. The summed E-state index contributed by atoms with van der Waals surface area (Å²) in [4.78, 5) is 22.8. The molecule has 0 aliphatic rings. The molecule has 1 atom stereocenters. The van der Waals surface area contributed by atoms with E-state index >= 15 is 0 Å². The zero-order valence-electron chi connectivity index (χ0n) is 14.1. The number of aliphatic hydroxyl groups excluding tert-OH is 1. The largest absolute Gasteiger partial charge is 0.508 e. The van der Waals surface area contributed by atoms with E-state index in [0.29, 0.717) is 13.2 Å². The summed E-state index contributed by atoms with van der Waals surface area (Å²) in [5, 5.41) is 11.5. The van der Waals surface area contributed by atoms with Crippen LogP contribution in [0.15, 0.2) is 0 Å². The fraction of sp³-hybridized carbons (Fsp3) is 0.857. The third-order valence-corrected chi connectivity index (χ3v) is 2.22. The van der Waals surface area contributed by atoms with Crippen molar-refractivity contribution in [3.8, 4) is 0 Å². The van der Waals surface area contributed by atoms with Gasteiger partial charge in [-0.1, -0.05) is 0 Å². The number of amides is 1. The SMILES string of the molecule is COCCOCCOC(=O)OCC(CO)NC(=O)OC(C)(C)C. The number of alkyl carbamates (subject to hydrolysis) is 1. The fourth-order valence-electron chi connectivity index (χ4n) is 1.25. The molecule has 23 heavy (non-hydrogen) atoms. The van der Waals surface area contributed by atoms with Gasteiger partial charge in [0, 0.05) is 7.11 Å². The van der Waals surface area contributed by atoms with E-state index in [1.165, 1.54) is 0 Å². The Morgan fingerprint density at radius 1 is 1.09 bits per heavy atom. The number of hydrogen-bond acceptors (Lipinski definition) is 8. The number of carbonyl (C=O) groups excluding carboxylic acids is 2. The molecule has 0 aromatic rings. The standard InChI is InChI=1S/C14H27NO8/c1-14(2,3)23-12(17)15-11(9-16)10-22-13(18)21-8-7-20-6-5-19-4/h11,16H,5-10H2,1-4H3,(H,15,17). The molecule has 9 nitrogen and oxygen atoms in total. The van der Waals surface area contributed by atoms with E-state index < -0.39 is 30.5 Å². The number of ether oxygens (including phenoxy) is 5. The smallest absolute Gasteiger partial charge is 0.444 e. The second-order valence-electron chi connectivity index (χ2n) is 5.54. The number of nitrogens with one attached hydrogen (secondary N) is 1. The Balaban J connectivity index is 3.84. The molecule has 0 aromatic carbocycles. The van der Waals surface area contributed by atoms with Crippen molar-refractivity contribution in [2.75, 3.05) is 46.8 Å². The molecule has 1 unspecified atom stereocenters. The lowest BCUT2D eigenvalue weighted by Crippen LogP contribution is -2.43. The maximum Gasteiger partial charge on any atom is 0.508 e. The van der Waals surface area contributed by atoms with Crippen LogP contribution in [0.4, 0.5) is 9.59 Å². The maximum absolute atomic E-state index is 11.5. The van der Waals surface area contributed by atoms with Gasteiger partial charge in [0.15, 0.2) is 0 Å².